The quantitative estimate of drug-likeness (QED) is 0.836. The number of allylic oxidation sites excluding steroid dienone is 1. The van der Waals surface area contributed by atoms with Gasteiger partial charge >= 0.3 is 0 Å². The van der Waals surface area contributed by atoms with Crippen molar-refractivity contribution in [3.63, 3.8) is 0 Å². The van der Waals surface area contributed by atoms with E-state index in [0.29, 0.717) is 6.54 Å². The number of nitrogens with one attached hydrogen (secondary N) is 2. The lowest BCUT2D eigenvalue weighted by molar-refractivity contribution is -0.114. The van der Waals surface area contributed by atoms with Crippen molar-refractivity contribution in [3.8, 4) is 5.75 Å². The first kappa shape index (κ1) is 11.3. The molecule has 0 radical (unpaired) electrons. The van der Waals surface area contributed by atoms with Crippen molar-refractivity contribution < 1.29 is 9.53 Å². The van der Waals surface area contributed by atoms with E-state index < -0.39 is 0 Å². The fourth-order valence-electron chi connectivity index (χ4n) is 2.34. The van der Waals surface area contributed by atoms with Crippen LogP contribution in [0.25, 0.3) is 0 Å². The van der Waals surface area contributed by atoms with E-state index in [1.807, 2.05) is 6.07 Å². The highest BCUT2D eigenvalue weighted by molar-refractivity contribution is 5.92. The molecule has 2 aliphatic heterocycles. The predicted octanol–water partition coefficient (Wildman–Crippen LogP) is 1.11. The highest BCUT2D eigenvalue weighted by atomic mass is 16.5. The summed E-state index contributed by atoms with van der Waals surface area (Å²) >= 11 is 0. The lowest BCUT2D eigenvalue weighted by atomic mass is 10.0. The highest BCUT2D eigenvalue weighted by Gasteiger charge is 2.13. The zero-order valence-corrected chi connectivity index (χ0v) is 10.2. The van der Waals surface area contributed by atoms with Crippen LogP contribution in [-0.4, -0.2) is 18.9 Å². The maximum absolute atomic E-state index is 11.2. The van der Waals surface area contributed by atoms with Gasteiger partial charge in [-0.15, -0.1) is 0 Å². The molecule has 2 N–H and O–H groups in total. The number of ketones is 1. The van der Waals surface area contributed by atoms with Crippen LogP contribution in [-0.2, 0) is 17.6 Å². The van der Waals surface area contributed by atoms with Crippen LogP contribution in [0.3, 0.4) is 0 Å². The van der Waals surface area contributed by atoms with Gasteiger partial charge in [-0.25, -0.2) is 5.43 Å². The molecule has 0 aliphatic carbocycles. The second-order valence-electron chi connectivity index (χ2n) is 4.65. The van der Waals surface area contributed by atoms with Crippen LogP contribution in [0.1, 0.15) is 17.5 Å². The smallest absolute Gasteiger partial charge is 0.173 e. The molecule has 0 fully saturated rings. The minimum Gasteiger partial charge on any atom is -0.493 e. The Hall–Kier alpha value is -1.81. The topological polar surface area (TPSA) is 50.4 Å². The molecule has 1 aromatic carbocycles. The Labute approximate surface area is 106 Å². The molecule has 0 saturated carbocycles. The molecule has 2 aliphatic rings. The van der Waals surface area contributed by atoms with Gasteiger partial charge in [0.05, 0.1) is 13.2 Å². The highest BCUT2D eigenvalue weighted by Crippen LogP contribution is 2.26. The molecule has 3 rings (SSSR count). The van der Waals surface area contributed by atoms with Crippen LogP contribution in [0, 0.1) is 0 Å². The van der Waals surface area contributed by atoms with Crippen LogP contribution < -0.4 is 15.6 Å². The summed E-state index contributed by atoms with van der Waals surface area (Å²) in [6.45, 7) is 1.17. The fraction of sp³-hybridized carbons (Fsp3) is 0.357. The van der Waals surface area contributed by atoms with E-state index in [0.717, 1.165) is 37.3 Å². The molecule has 0 saturated heterocycles. The number of fused-ring (bicyclic) bond motifs is 1. The molecule has 0 unspecified atom stereocenters. The molecular formula is C14H16N2O2. The van der Waals surface area contributed by atoms with E-state index in [2.05, 4.69) is 23.0 Å². The van der Waals surface area contributed by atoms with Gasteiger partial charge in [-0.2, -0.15) is 0 Å². The first-order valence-electron chi connectivity index (χ1n) is 6.28. The second kappa shape index (κ2) is 4.82. The van der Waals surface area contributed by atoms with Crippen molar-refractivity contribution in [2.45, 2.75) is 19.3 Å². The molecule has 0 spiro atoms. The Kier molecular flexibility index (Phi) is 3.02. The fourth-order valence-corrected chi connectivity index (χ4v) is 2.34. The summed E-state index contributed by atoms with van der Waals surface area (Å²) in [7, 11) is 0. The first-order valence-corrected chi connectivity index (χ1v) is 6.28. The Bertz CT molecular complexity index is 509. The minimum atomic E-state index is 0.131. The van der Waals surface area contributed by atoms with Crippen LogP contribution in [0.4, 0.5) is 0 Å². The summed E-state index contributed by atoms with van der Waals surface area (Å²) in [6, 6.07) is 6.35. The zero-order valence-electron chi connectivity index (χ0n) is 10.2. The first-order chi connectivity index (χ1) is 8.81. The number of hydrazine groups is 1. The lowest BCUT2D eigenvalue weighted by Crippen LogP contribution is -2.39. The second-order valence-corrected chi connectivity index (χ2v) is 4.65. The van der Waals surface area contributed by atoms with Gasteiger partial charge in [-0.05, 0) is 30.0 Å². The number of carbonyl (C=O) groups excluding carboxylic acids is 1. The third kappa shape index (κ3) is 2.38. The van der Waals surface area contributed by atoms with Crippen molar-refractivity contribution in [1.29, 1.82) is 0 Å². The maximum atomic E-state index is 11.2. The van der Waals surface area contributed by atoms with Crippen molar-refractivity contribution in [1.82, 2.24) is 10.9 Å². The summed E-state index contributed by atoms with van der Waals surface area (Å²) in [6.07, 6.45) is 4.47. The van der Waals surface area contributed by atoms with Crippen LogP contribution in [0.5, 0.6) is 5.75 Å². The van der Waals surface area contributed by atoms with Crippen molar-refractivity contribution in [3.05, 3.63) is 41.1 Å². The predicted molar refractivity (Wildman–Crippen MR) is 68.2 cm³/mol. The number of aryl methyl sites for hydroxylation is 1. The van der Waals surface area contributed by atoms with Crippen molar-refractivity contribution in [2.24, 2.45) is 0 Å². The number of carbonyl (C=O) groups is 1. The summed E-state index contributed by atoms with van der Waals surface area (Å²) in [4.78, 5) is 11.2. The molecule has 0 atom stereocenters. The van der Waals surface area contributed by atoms with E-state index in [-0.39, 0.29) is 5.78 Å². The van der Waals surface area contributed by atoms with Crippen LogP contribution >= 0.6 is 0 Å². The zero-order chi connectivity index (χ0) is 12.4. The SMILES string of the molecule is O=C1C=C(CCc2ccc3c(c2)CCO3)NNC1. The Morgan fingerprint density at radius 3 is 3.11 bits per heavy atom. The van der Waals surface area contributed by atoms with E-state index in [4.69, 9.17) is 4.74 Å². The Morgan fingerprint density at radius 1 is 1.28 bits per heavy atom. The summed E-state index contributed by atoms with van der Waals surface area (Å²) in [5.74, 6) is 1.15. The van der Waals surface area contributed by atoms with Gasteiger partial charge in [-0.1, -0.05) is 12.1 Å². The summed E-state index contributed by atoms with van der Waals surface area (Å²) < 4.78 is 5.48. The molecule has 1 aromatic rings. The Morgan fingerprint density at radius 2 is 2.22 bits per heavy atom. The van der Waals surface area contributed by atoms with Crippen molar-refractivity contribution >= 4 is 5.78 Å². The number of hydrogen-bond acceptors (Lipinski definition) is 4. The third-order valence-corrected chi connectivity index (χ3v) is 3.28. The number of rotatable bonds is 3. The van der Waals surface area contributed by atoms with E-state index >= 15 is 0 Å². The number of benzene rings is 1. The van der Waals surface area contributed by atoms with Gasteiger partial charge in [0.2, 0.25) is 0 Å². The van der Waals surface area contributed by atoms with Gasteiger partial charge in [0, 0.05) is 18.2 Å². The van der Waals surface area contributed by atoms with Crippen molar-refractivity contribution in [2.75, 3.05) is 13.2 Å². The molecule has 2 heterocycles. The molecule has 0 amide bonds. The third-order valence-electron chi connectivity index (χ3n) is 3.28. The molecule has 4 nitrogen and oxygen atoms in total. The molecule has 94 valence electrons. The maximum Gasteiger partial charge on any atom is 0.173 e. The average Bonchev–Trinajstić information content (AvgIpc) is 2.84. The lowest BCUT2D eigenvalue weighted by Gasteiger charge is -2.16. The number of ether oxygens (including phenoxy) is 1. The van der Waals surface area contributed by atoms with Crippen LogP contribution in [0.15, 0.2) is 30.0 Å². The molecule has 18 heavy (non-hydrogen) atoms. The molecular weight excluding hydrogens is 228 g/mol. The van der Waals surface area contributed by atoms with E-state index in [9.17, 15) is 4.79 Å². The normalized spacial score (nSPS) is 17.8. The monoisotopic (exact) mass is 244 g/mol. The van der Waals surface area contributed by atoms with E-state index in [1.165, 1.54) is 11.1 Å². The standard InChI is InChI=1S/C14H16N2O2/c17-13-8-12(16-15-9-13)3-1-10-2-4-14-11(7-10)5-6-18-14/h2,4,7-8,15-16H,1,3,5-6,9H2. The van der Waals surface area contributed by atoms with Gasteiger partial charge < -0.3 is 10.2 Å². The molecule has 0 aromatic heterocycles. The summed E-state index contributed by atoms with van der Waals surface area (Å²) in [5, 5.41) is 0. The minimum absolute atomic E-state index is 0.131. The molecule has 0 bridgehead atoms. The van der Waals surface area contributed by atoms with Gasteiger partial charge in [-0.3, -0.25) is 4.79 Å². The van der Waals surface area contributed by atoms with Gasteiger partial charge in [0.25, 0.3) is 0 Å². The van der Waals surface area contributed by atoms with Gasteiger partial charge in [0.1, 0.15) is 5.75 Å². The van der Waals surface area contributed by atoms with E-state index in [1.54, 1.807) is 6.08 Å². The van der Waals surface area contributed by atoms with Gasteiger partial charge in [0.15, 0.2) is 5.78 Å². The van der Waals surface area contributed by atoms with Crippen LogP contribution in [0.2, 0.25) is 0 Å². The Balaban J connectivity index is 1.65. The average molecular weight is 244 g/mol. The number of hydrogen-bond donors (Lipinski definition) is 2. The largest absolute Gasteiger partial charge is 0.493 e. The molecule has 4 heteroatoms. The summed E-state index contributed by atoms with van der Waals surface area (Å²) in [5.41, 5.74) is 9.46.